The van der Waals surface area contributed by atoms with Crippen LogP contribution in [0.5, 0.6) is 0 Å². The van der Waals surface area contributed by atoms with Gasteiger partial charge in [-0.3, -0.25) is 4.18 Å². The van der Waals surface area contributed by atoms with Crippen LogP contribution in [-0.4, -0.2) is 33.6 Å². The Balaban J connectivity index is 1.92. The largest absolute Gasteiger partial charge is 0.393 e. The molecule has 23 heavy (non-hydrogen) atoms. The van der Waals surface area contributed by atoms with E-state index >= 15 is 0 Å². The predicted molar refractivity (Wildman–Crippen MR) is 90.8 cm³/mol. The third-order valence-electron chi connectivity index (χ3n) is 3.08. The lowest BCUT2D eigenvalue weighted by Gasteiger charge is -2.05. The van der Waals surface area contributed by atoms with Crippen molar-refractivity contribution in [2.75, 3.05) is 19.5 Å². The maximum atomic E-state index is 10.8. The average Bonchev–Trinajstić information content (AvgIpc) is 2.54. The summed E-state index contributed by atoms with van der Waals surface area (Å²) in [6.07, 6.45) is 0.996. The van der Waals surface area contributed by atoms with Gasteiger partial charge in [-0.1, -0.05) is 59.8 Å². The number of hydrogen-bond acceptors (Lipinski definition) is 5. The van der Waals surface area contributed by atoms with Gasteiger partial charge in [0, 0.05) is 0 Å². The fraction of sp³-hybridized carbons (Fsp3) is 0.235. The molecule has 0 N–H and O–H groups in total. The summed E-state index contributed by atoms with van der Waals surface area (Å²) in [5.74, 6) is 0. The summed E-state index contributed by atoms with van der Waals surface area (Å²) < 4.78 is 26.1. The highest BCUT2D eigenvalue weighted by Crippen LogP contribution is 2.19. The van der Waals surface area contributed by atoms with Gasteiger partial charge in [0.15, 0.2) is 0 Å². The Hall–Kier alpha value is -2.18. The third-order valence-corrected chi connectivity index (χ3v) is 3.68. The maximum absolute atomic E-state index is 10.8. The molecule has 0 aromatic heterocycles. The fourth-order valence-corrected chi connectivity index (χ4v) is 2.32. The Morgan fingerprint density at radius 2 is 1.57 bits per heavy atom. The zero-order valence-electron chi connectivity index (χ0n) is 13.1. The first-order chi connectivity index (χ1) is 11.0. The monoisotopic (exact) mass is 333 g/mol. The van der Waals surface area contributed by atoms with E-state index < -0.39 is 10.1 Å². The average molecular weight is 333 g/mol. The van der Waals surface area contributed by atoms with Crippen LogP contribution >= 0.6 is 0 Å². The second-order valence-electron chi connectivity index (χ2n) is 4.98. The molecular formula is C17H19NO4S. The molecular weight excluding hydrogens is 314 g/mol. The predicted octanol–water partition coefficient (Wildman–Crippen LogP) is 3.07. The van der Waals surface area contributed by atoms with Crippen molar-refractivity contribution in [1.82, 2.24) is 0 Å². The highest BCUT2D eigenvalue weighted by Gasteiger charge is 2.02. The molecule has 0 saturated carbocycles. The van der Waals surface area contributed by atoms with E-state index in [-0.39, 0.29) is 13.2 Å². The van der Waals surface area contributed by atoms with Crippen LogP contribution in [0.15, 0.2) is 59.8 Å². The van der Waals surface area contributed by atoms with Gasteiger partial charge < -0.3 is 4.84 Å². The molecule has 0 spiro atoms. The van der Waals surface area contributed by atoms with Gasteiger partial charge >= 0.3 is 0 Å². The Morgan fingerprint density at radius 1 is 0.957 bits per heavy atom. The highest BCUT2D eigenvalue weighted by molar-refractivity contribution is 7.85. The zero-order valence-corrected chi connectivity index (χ0v) is 13.9. The van der Waals surface area contributed by atoms with E-state index in [0.717, 1.165) is 22.9 Å². The van der Waals surface area contributed by atoms with Crippen LogP contribution in [0.3, 0.4) is 0 Å². The first-order valence-corrected chi connectivity index (χ1v) is 8.94. The van der Waals surface area contributed by atoms with Crippen LogP contribution < -0.4 is 0 Å². The van der Waals surface area contributed by atoms with Crippen molar-refractivity contribution in [3.63, 3.8) is 0 Å². The summed E-state index contributed by atoms with van der Waals surface area (Å²) in [5, 5.41) is 3.96. The second kappa shape index (κ2) is 7.89. The van der Waals surface area contributed by atoms with E-state index in [0.29, 0.717) is 5.71 Å². The molecule has 0 bridgehead atoms. The van der Waals surface area contributed by atoms with Crippen molar-refractivity contribution in [3.8, 4) is 11.1 Å². The van der Waals surface area contributed by atoms with Crippen LogP contribution in [0.25, 0.3) is 11.1 Å². The quantitative estimate of drug-likeness (QED) is 0.338. The molecule has 122 valence electrons. The minimum Gasteiger partial charge on any atom is -0.393 e. The SMILES string of the molecule is CC(=NOCCOS(C)(=O)=O)c1ccc(-c2ccccc2)cc1. The first-order valence-electron chi connectivity index (χ1n) is 7.12. The Morgan fingerprint density at radius 3 is 2.17 bits per heavy atom. The minimum absolute atomic E-state index is 0.0530. The lowest BCUT2D eigenvalue weighted by Crippen LogP contribution is -2.08. The molecule has 0 heterocycles. The van der Waals surface area contributed by atoms with E-state index in [9.17, 15) is 8.42 Å². The first kappa shape index (κ1) is 17.2. The molecule has 0 unspecified atom stereocenters. The summed E-state index contributed by atoms with van der Waals surface area (Å²) in [4.78, 5) is 5.06. The number of rotatable bonds is 7. The topological polar surface area (TPSA) is 65.0 Å². The van der Waals surface area contributed by atoms with Crippen LogP contribution in [0.4, 0.5) is 0 Å². The second-order valence-corrected chi connectivity index (χ2v) is 6.62. The summed E-state index contributed by atoms with van der Waals surface area (Å²) in [6, 6.07) is 18.1. The van der Waals surface area contributed by atoms with Gasteiger partial charge in [-0.2, -0.15) is 8.42 Å². The van der Waals surface area contributed by atoms with E-state index in [1.54, 1.807) is 0 Å². The van der Waals surface area contributed by atoms with Gasteiger partial charge in [-0.05, 0) is 23.6 Å². The number of oxime groups is 1. The van der Waals surface area contributed by atoms with E-state index in [1.165, 1.54) is 0 Å². The Labute approximate surface area is 136 Å². The molecule has 2 aromatic carbocycles. The van der Waals surface area contributed by atoms with Gasteiger partial charge in [0.1, 0.15) is 13.2 Å². The summed E-state index contributed by atoms with van der Waals surface area (Å²) in [5.41, 5.74) is 3.94. The molecule has 5 nitrogen and oxygen atoms in total. The van der Waals surface area contributed by atoms with Gasteiger partial charge in [-0.25, -0.2) is 0 Å². The number of nitrogens with zero attached hydrogens (tertiary/aromatic N) is 1. The van der Waals surface area contributed by atoms with Gasteiger partial charge in [0.25, 0.3) is 10.1 Å². The molecule has 0 radical (unpaired) electrons. The minimum atomic E-state index is -3.44. The van der Waals surface area contributed by atoms with E-state index in [1.807, 2.05) is 49.4 Å². The van der Waals surface area contributed by atoms with E-state index in [4.69, 9.17) is 4.84 Å². The highest BCUT2D eigenvalue weighted by atomic mass is 32.2. The van der Waals surface area contributed by atoms with Gasteiger partial charge in [-0.15, -0.1) is 0 Å². The van der Waals surface area contributed by atoms with Crippen molar-refractivity contribution in [2.24, 2.45) is 5.16 Å². The molecule has 0 aliphatic heterocycles. The van der Waals surface area contributed by atoms with Crippen molar-refractivity contribution >= 4 is 15.8 Å². The fourth-order valence-electron chi connectivity index (χ4n) is 1.95. The van der Waals surface area contributed by atoms with E-state index in [2.05, 4.69) is 21.5 Å². The Kier molecular flexibility index (Phi) is 5.90. The third kappa shape index (κ3) is 5.84. The zero-order chi connectivity index (χ0) is 16.7. The normalized spacial score (nSPS) is 12.2. The molecule has 2 rings (SSSR count). The van der Waals surface area contributed by atoms with Crippen molar-refractivity contribution < 1.29 is 17.4 Å². The number of benzene rings is 2. The molecule has 0 saturated heterocycles. The molecule has 0 fully saturated rings. The summed E-state index contributed by atoms with van der Waals surface area (Å²) >= 11 is 0. The molecule has 0 aliphatic rings. The lowest BCUT2D eigenvalue weighted by molar-refractivity contribution is 0.109. The maximum Gasteiger partial charge on any atom is 0.264 e. The lowest BCUT2D eigenvalue weighted by atomic mass is 10.0. The molecule has 2 aromatic rings. The van der Waals surface area contributed by atoms with Crippen LogP contribution in [-0.2, 0) is 19.1 Å². The molecule has 0 amide bonds. The van der Waals surface area contributed by atoms with Crippen LogP contribution in [0, 0.1) is 0 Å². The van der Waals surface area contributed by atoms with Crippen LogP contribution in [0.1, 0.15) is 12.5 Å². The smallest absolute Gasteiger partial charge is 0.264 e. The summed E-state index contributed by atoms with van der Waals surface area (Å²) in [7, 11) is -3.44. The van der Waals surface area contributed by atoms with Crippen molar-refractivity contribution in [3.05, 3.63) is 60.2 Å². The van der Waals surface area contributed by atoms with Gasteiger partial charge in [0.05, 0.1) is 12.0 Å². The molecule has 0 atom stereocenters. The van der Waals surface area contributed by atoms with Crippen LogP contribution in [0.2, 0.25) is 0 Å². The standard InChI is InChI=1S/C17H19NO4S/c1-14(18-21-12-13-22-23(2,19)20)15-8-10-17(11-9-15)16-6-4-3-5-7-16/h3-11H,12-13H2,1-2H3. The van der Waals surface area contributed by atoms with Gasteiger partial charge in [0.2, 0.25) is 0 Å². The van der Waals surface area contributed by atoms with Crippen molar-refractivity contribution in [1.29, 1.82) is 0 Å². The van der Waals surface area contributed by atoms with Crippen molar-refractivity contribution in [2.45, 2.75) is 6.92 Å². The molecule has 6 heteroatoms. The summed E-state index contributed by atoms with van der Waals surface area (Å²) in [6.45, 7) is 1.85. The Bertz CT molecular complexity index is 753. The molecule has 0 aliphatic carbocycles. The number of hydrogen-bond donors (Lipinski definition) is 0.